The number of hydrogen-bond acceptors (Lipinski definition) is 3. The number of ether oxygens (including phenoxy) is 1. The maximum absolute atomic E-state index is 11.4. The molecule has 0 bridgehead atoms. The summed E-state index contributed by atoms with van der Waals surface area (Å²) in [5, 5.41) is 11.8. The van der Waals surface area contributed by atoms with E-state index in [1.807, 2.05) is 24.3 Å². The van der Waals surface area contributed by atoms with Gasteiger partial charge in [-0.05, 0) is 44.0 Å². The minimum Gasteiger partial charge on any atom is -0.494 e. The molecule has 0 spiro atoms. The predicted octanol–water partition coefficient (Wildman–Crippen LogP) is 2.50. The minimum absolute atomic E-state index is 0.0000520. The molecule has 1 aromatic rings. The van der Waals surface area contributed by atoms with E-state index in [1.54, 1.807) is 6.92 Å². The zero-order valence-corrected chi connectivity index (χ0v) is 12.6. The van der Waals surface area contributed by atoms with Gasteiger partial charge in [0.15, 0.2) is 0 Å². The second-order valence-corrected chi connectivity index (χ2v) is 5.31. The molecule has 1 aromatic carbocycles. The van der Waals surface area contributed by atoms with Crippen LogP contribution in [0, 0.1) is 0 Å². The van der Waals surface area contributed by atoms with Crippen molar-refractivity contribution in [2.24, 2.45) is 0 Å². The van der Waals surface area contributed by atoms with Gasteiger partial charge in [0.25, 0.3) is 0 Å². The van der Waals surface area contributed by atoms with Crippen molar-refractivity contribution in [2.45, 2.75) is 32.3 Å². The molecule has 0 radical (unpaired) electrons. The van der Waals surface area contributed by atoms with Crippen molar-refractivity contribution in [3.63, 3.8) is 0 Å². The van der Waals surface area contributed by atoms with E-state index in [2.05, 4.69) is 21.2 Å². The number of aliphatic hydroxyl groups is 1. The first-order valence-corrected chi connectivity index (χ1v) is 7.20. The Bertz CT molecular complexity index is 379. The summed E-state index contributed by atoms with van der Waals surface area (Å²) in [4.78, 5) is 11.4. The van der Waals surface area contributed by atoms with Gasteiger partial charge in [0, 0.05) is 17.4 Å². The molecule has 4 nitrogen and oxygen atoms in total. The molecular formula is C14H20BrNO3. The first-order valence-electron chi connectivity index (χ1n) is 6.41. The van der Waals surface area contributed by atoms with E-state index in [0.29, 0.717) is 32.4 Å². The Hall–Kier alpha value is -1.07. The molecule has 0 aromatic heterocycles. The van der Waals surface area contributed by atoms with Crippen LogP contribution in [0.2, 0.25) is 0 Å². The molecule has 19 heavy (non-hydrogen) atoms. The zero-order chi connectivity index (χ0) is 14.1. The summed E-state index contributed by atoms with van der Waals surface area (Å²) in [6.45, 7) is 2.74. The van der Waals surface area contributed by atoms with Gasteiger partial charge in [-0.2, -0.15) is 0 Å². The van der Waals surface area contributed by atoms with Gasteiger partial charge in [-0.15, -0.1) is 0 Å². The first-order chi connectivity index (χ1) is 9.08. The smallest absolute Gasteiger partial charge is 0.220 e. The van der Waals surface area contributed by atoms with E-state index in [0.717, 1.165) is 10.2 Å². The van der Waals surface area contributed by atoms with E-state index >= 15 is 0 Å². The lowest BCUT2D eigenvalue weighted by Crippen LogP contribution is -2.26. The van der Waals surface area contributed by atoms with Crippen molar-refractivity contribution < 1.29 is 14.6 Å². The average molecular weight is 330 g/mol. The highest BCUT2D eigenvalue weighted by Crippen LogP contribution is 2.16. The van der Waals surface area contributed by atoms with Crippen LogP contribution < -0.4 is 10.1 Å². The summed E-state index contributed by atoms with van der Waals surface area (Å²) in [5.41, 5.74) is 0. The van der Waals surface area contributed by atoms with Crippen LogP contribution in [-0.4, -0.2) is 30.3 Å². The molecule has 106 valence electrons. The largest absolute Gasteiger partial charge is 0.494 e. The third kappa shape index (κ3) is 7.85. The Kier molecular flexibility index (Phi) is 7.52. The van der Waals surface area contributed by atoms with Crippen molar-refractivity contribution >= 4 is 21.8 Å². The fourth-order valence-corrected chi connectivity index (χ4v) is 1.73. The Morgan fingerprint density at radius 2 is 2.11 bits per heavy atom. The van der Waals surface area contributed by atoms with Gasteiger partial charge in [0.1, 0.15) is 5.75 Å². The standard InChI is InChI=1S/C14H20BrNO3/c1-11(17)8-9-16-14(18)3-2-10-19-13-6-4-12(15)5-7-13/h4-7,11,17H,2-3,8-10H2,1H3,(H,16,18). The zero-order valence-electron chi connectivity index (χ0n) is 11.1. The molecule has 0 aliphatic carbocycles. The summed E-state index contributed by atoms with van der Waals surface area (Å²) in [5.74, 6) is 0.803. The van der Waals surface area contributed by atoms with Gasteiger partial charge in [-0.25, -0.2) is 0 Å². The minimum atomic E-state index is -0.374. The number of halogens is 1. The third-order valence-corrected chi connectivity index (χ3v) is 3.04. The van der Waals surface area contributed by atoms with Crippen LogP contribution in [0.15, 0.2) is 28.7 Å². The molecule has 1 rings (SSSR count). The molecule has 0 fully saturated rings. The van der Waals surface area contributed by atoms with Crippen molar-refractivity contribution in [1.29, 1.82) is 0 Å². The van der Waals surface area contributed by atoms with Crippen molar-refractivity contribution in [1.82, 2.24) is 5.32 Å². The lowest BCUT2D eigenvalue weighted by Gasteiger charge is -2.08. The van der Waals surface area contributed by atoms with Gasteiger partial charge in [-0.1, -0.05) is 15.9 Å². The van der Waals surface area contributed by atoms with Crippen LogP contribution in [0.3, 0.4) is 0 Å². The second kappa shape index (κ2) is 8.93. The highest BCUT2D eigenvalue weighted by Gasteiger charge is 2.02. The lowest BCUT2D eigenvalue weighted by atomic mass is 10.2. The summed E-state index contributed by atoms with van der Waals surface area (Å²) in [6.07, 6.45) is 1.33. The van der Waals surface area contributed by atoms with E-state index in [1.165, 1.54) is 0 Å². The molecule has 0 aliphatic rings. The quantitative estimate of drug-likeness (QED) is 0.720. The number of nitrogens with one attached hydrogen (secondary N) is 1. The SMILES string of the molecule is CC(O)CCNC(=O)CCCOc1ccc(Br)cc1. The van der Waals surface area contributed by atoms with Crippen molar-refractivity contribution in [2.75, 3.05) is 13.2 Å². The summed E-state index contributed by atoms with van der Waals surface area (Å²) < 4.78 is 6.52. The Morgan fingerprint density at radius 3 is 2.74 bits per heavy atom. The number of amides is 1. The molecule has 0 heterocycles. The predicted molar refractivity (Wildman–Crippen MR) is 78.2 cm³/mol. The Labute approximate surface area is 122 Å². The van der Waals surface area contributed by atoms with Crippen LogP contribution >= 0.6 is 15.9 Å². The van der Waals surface area contributed by atoms with Gasteiger partial charge in [-0.3, -0.25) is 4.79 Å². The lowest BCUT2D eigenvalue weighted by molar-refractivity contribution is -0.121. The van der Waals surface area contributed by atoms with Gasteiger partial charge >= 0.3 is 0 Å². The Balaban J connectivity index is 2.07. The number of hydrogen-bond donors (Lipinski definition) is 2. The molecule has 1 atom stereocenters. The fraction of sp³-hybridized carbons (Fsp3) is 0.500. The van der Waals surface area contributed by atoms with E-state index in [4.69, 9.17) is 9.84 Å². The third-order valence-electron chi connectivity index (χ3n) is 2.51. The van der Waals surface area contributed by atoms with Crippen LogP contribution in [0.4, 0.5) is 0 Å². The number of rotatable bonds is 8. The monoisotopic (exact) mass is 329 g/mol. The topological polar surface area (TPSA) is 58.6 Å². The highest BCUT2D eigenvalue weighted by atomic mass is 79.9. The van der Waals surface area contributed by atoms with Crippen LogP contribution in [0.5, 0.6) is 5.75 Å². The van der Waals surface area contributed by atoms with E-state index in [9.17, 15) is 4.79 Å². The van der Waals surface area contributed by atoms with Crippen LogP contribution in [0.1, 0.15) is 26.2 Å². The number of carbonyl (C=O) groups is 1. The number of carbonyl (C=O) groups excluding carboxylic acids is 1. The van der Waals surface area contributed by atoms with Crippen molar-refractivity contribution in [3.05, 3.63) is 28.7 Å². The average Bonchev–Trinajstić information content (AvgIpc) is 2.36. The van der Waals surface area contributed by atoms with Crippen LogP contribution in [0.25, 0.3) is 0 Å². The summed E-state index contributed by atoms with van der Waals surface area (Å²) in [7, 11) is 0. The normalized spacial score (nSPS) is 11.9. The van der Waals surface area contributed by atoms with Gasteiger partial charge < -0.3 is 15.2 Å². The van der Waals surface area contributed by atoms with Crippen LogP contribution in [-0.2, 0) is 4.79 Å². The van der Waals surface area contributed by atoms with Crippen molar-refractivity contribution in [3.8, 4) is 5.75 Å². The van der Waals surface area contributed by atoms with E-state index < -0.39 is 0 Å². The molecule has 5 heteroatoms. The molecule has 0 aliphatic heterocycles. The summed E-state index contributed by atoms with van der Waals surface area (Å²) >= 11 is 3.35. The summed E-state index contributed by atoms with van der Waals surface area (Å²) in [6, 6.07) is 7.59. The molecule has 2 N–H and O–H groups in total. The highest BCUT2D eigenvalue weighted by molar-refractivity contribution is 9.10. The van der Waals surface area contributed by atoms with E-state index in [-0.39, 0.29) is 12.0 Å². The second-order valence-electron chi connectivity index (χ2n) is 4.39. The van der Waals surface area contributed by atoms with Gasteiger partial charge in [0.05, 0.1) is 12.7 Å². The molecular weight excluding hydrogens is 310 g/mol. The first kappa shape index (κ1) is 16.0. The maximum atomic E-state index is 11.4. The molecule has 0 saturated heterocycles. The maximum Gasteiger partial charge on any atom is 0.220 e. The molecule has 1 unspecified atom stereocenters. The Morgan fingerprint density at radius 1 is 1.42 bits per heavy atom. The molecule has 1 amide bonds. The fourth-order valence-electron chi connectivity index (χ4n) is 1.46. The number of benzene rings is 1. The number of aliphatic hydroxyl groups excluding tert-OH is 1. The molecule has 0 saturated carbocycles. The van der Waals surface area contributed by atoms with Gasteiger partial charge in [0.2, 0.25) is 5.91 Å².